The fourth-order valence-corrected chi connectivity index (χ4v) is 6.77. The summed E-state index contributed by atoms with van der Waals surface area (Å²) in [6.45, 7) is 0. The summed E-state index contributed by atoms with van der Waals surface area (Å²) in [4.78, 5) is 51.8. The number of hydrogen-bond acceptors (Lipinski definition) is 15. The molecule has 1 saturated carbocycles. The molecule has 6 unspecified atom stereocenters. The monoisotopic (exact) mass is 736 g/mol. The predicted molar refractivity (Wildman–Crippen MR) is 179 cm³/mol. The van der Waals surface area contributed by atoms with Crippen LogP contribution in [0, 0.1) is 17.8 Å². The van der Waals surface area contributed by atoms with Gasteiger partial charge in [0, 0.05) is 36.7 Å². The quantitative estimate of drug-likeness (QED) is 0.0553. The lowest BCUT2D eigenvalue weighted by molar-refractivity contribution is -0.177. The average molecular weight is 737 g/mol. The van der Waals surface area contributed by atoms with Gasteiger partial charge in [0.15, 0.2) is 34.5 Å². The summed E-state index contributed by atoms with van der Waals surface area (Å²) in [5, 5.41) is 91.3. The smallest absolute Gasteiger partial charge is 0.347 e. The summed E-state index contributed by atoms with van der Waals surface area (Å²) >= 11 is 0. The zero-order valence-electron chi connectivity index (χ0n) is 27.8. The molecule has 1 fully saturated rings. The second kappa shape index (κ2) is 15.5. The van der Waals surface area contributed by atoms with Gasteiger partial charge in [-0.05, 0) is 58.7 Å². The second-order valence-electron chi connectivity index (χ2n) is 12.7. The first-order valence-electron chi connectivity index (χ1n) is 16.1. The van der Waals surface area contributed by atoms with E-state index in [2.05, 4.69) is 0 Å². The van der Waals surface area contributed by atoms with Gasteiger partial charge < -0.3 is 60.2 Å². The molecule has 0 aromatic heterocycles. The number of phenols is 6. The van der Waals surface area contributed by atoms with Crippen molar-refractivity contribution in [1.82, 2.24) is 0 Å². The number of carbonyl (C=O) groups is 4. The van der Waals surface area contributed by atoms with E-state index in [0.29, 0.717) is 0 Å². The summed E-state index contributed by atoms with van der Waals surface area (Å²) in [6, 6.07) is 11.0. The van der Waals surface area contributed by atoms with Crippen LogP contribution < -0.4 is 0 Å². The standard InChI is InChI=1S/C37H36O16/c1-51-36(49)28(13-17-3-7-22(39)25(42)11-17)53-37(50)32-30(19-4-8-23(40)26(43)15-19)20-14-18(31(32)34(46)33(20)45)5-9-29(44)52-27(35(47)48)12-16-2-6-21(38)24(41)10-16/h2-11,14-15,20,27-28,30-34,38-43,45-46H,12-13H2,1H3,(H,47,48)/b9-5+/t20?,27-,28-,30?,31?,32?,33?,34?/m1/s1. The molecule has 3 aromatic rings. The van der Waals surface area contributed by atoms with Crippen molar-refractivity contribution in [3.8, 4) is 34.5 Å². The van der Waals surface area contributed by atoms with Gasteiger partial charge in [0.2, 0.25) is 12.2 Å². The minimum Gasteiger partial charge on any atom is -0.504 e. The van der Waals surface area contributed by atoms with Crippen molar-refractivity contribution in [3.05, 3.63) is 95.1 Å². The third-order valence-electron chi connectivity index (χ3n) is 9.32. The lowest BCUT2D eigenvalue weighted by Gasteiger charge is -2.51. The molecule has 3 aliphatic rings. The van der Waals surface area contributed by atoms with Crippen molar-refractivity contribution in [2.24, 2.45) is 17.8 Å². The van der Waals surface area contributed by atoms with Crippen molar-refractivity contribution in [2.45, 2.75) is 43.2 Å². The maximum atomic E-state index is 14.2. The van der Waals surface area contributed by atoms with Gasteiger partial charge in [0.05, 0.1) is 25.2 Å². The molecule has 0 amide bonds. The Balaban J connectivity index is 1.46. The lowest BCUT2D eigenvalue weighted by Crippen LogP contribution is -2.57. The van der Waals surface area contributed by atoms with E-state index in [1.165, 1.54) is 30.4 Å². The first kappa shape index (κ1) is 38.0. The Hall–Kier alpha value is -6.26. The number of rotatable bonds is 12. The van der Waals surface area contributed by atoms with E-state index in [0.717, 1.165) is 49.6 Å². The number of allylic oxidation sites excluding steroid dienone is 1. The highest BCUT2D eigenvalue weighted by Crippen LogP contribution is 2.54. The molecular weight excluding hydrogens is 700 g/mol. The average Bonchev–Trinajstić information content (AvgIpc) is 3.12. The van der Waals surface area contributed by atoms with E-state index in [4.69, 9.17) is 14.2 Å². The van der Waals surface area contributed by atoms with Gasteiger partial charge in [-0.15, -0.1) is 0 Å². The van der Waals surface area contributed by atoms with Gasteiger partial charge >= 0.3 is 23.9 Å². The molecule has 0 heterocycles. The minimum absolute atomic E-state index is 0.138. The van der Waals surface area contributed by atoms with Gasteiger partial charge in [-0.3, -0.25) is 4.79 Å². The van der Waals surface area contributed by atoms with Crippen LogP contribution in [0.3, 0.4) is 0 Å². The Morgan fingerprint density at radius 2 is 1.25 bits per heavy atom. The summed E-state index contributed by atoms with van der Waals surface area (Å²) in [5.41, 5.74) is 0.881. The van der Waals surface area contributed by atoms with E-state index in [1.54, 1.807) is 0 Å². The fraction of sp³-hybridized carbons (Fsp3) is 0.297. The molecule has 8 atom stereocenters. The summed E-state index contributed by atoms with van der Waals surface area (Å²) in [7, 11) is 1.05. The highest BCUT2D eigenvalue weighted by atomic mass is 16.6. The zero-order valence-corrected chi connectivity index (χ0v) is 27.8. The predicted octanol–water partition coefficient (Wildman–Crippen LogP) is 1.65. The van der Waals surface area contributed by atoms with Crippen LogP contribution in [-0.4, -0.2) is 101 Å². The SMILES string of the molecule is COC(=O)[C@@H](Cc1ccc(O)c(O)c1)OC(=O)C1C2C(/C=C/C(=O)O[C@H](Cc3ccc(O)c(O)c3)C(=O)O)=CC(C(O)C2O)C1c1ccc(O)c(O)c1. The molecule has 6 rings (SSSR count). The van der Waals surface area contributed by atoms with Crippen molar-refractivity contribution >= 4 is 23.9 Å². The van der Waals surface area contributed by atoms with Gasteiger partial charge in [-0.2, -0.15) is 0 Å². The van der Waals surface area contributed by atoms with E-state index in [-0.39, 0.29) is 35.1 Å². The number of fused-ring (bicyclic) bond motifs is 2. The Morgan fingerprint density at radius 3 is 1.77 bits per heavy atom. The van der Waals surface area contributed by atoms with E-state index < -0.39 is 106 Å². The fourth-order valence-electron chi connectivity index (χ4n) is 6.77. The molecule has 3 aliphatic carbocycles. The number of hydrogen-bond donors (Lipinski definition) is 9. The van der Waals surface area contributed by atoms with Crippen LogP contribution in [0.1, 0.15) is 22.6 Å². The Bertz CT molecular complexity index is 1970. The topological polar surface area (TPSA) is 278 Å². The summed E-state index contributed by atoms with van der Waals surface area (Å²) < 4.78 is 15.6. The molecule has 0 aliphatic heterocycles. The second-order valence-corrected chi connectivity index (χ2v) is 12.7. The summed E-state index contributed by atoms with van der Waals surface area (Å²) in [5.74, 6) is -12.4. The molecule has 9 N–H and O–H groups in total. The molecule has 0 spiro atoms. The Labute approximate surface area is 300 Å². The van der Waals surface area contributed by atoms with Gasteiger partial charge in [0.25, 0.3) is 0 Å². The highest BCUT2D eigenvalue weighted by molar-refractivity contribution is 5.86. The van der Waals surface area contributed by atoms with Crippen molar-refractivity contribution in [2.75, 3.05) is 7.11 Å². The first-order chi connectivity index (χ1) is 25.1. The zero-order chi connectivity index (χ0) is 38.7. The Kier molecular flexibility index (Phi) is 11.1. The number of carboxylic acid groups (broad SMARTS) is 1. The van der Waals surface area contributed by atoms with Crippen molar-refractivity contribution in [3.63, 3.8) is 0 Å². The van der Waals surface area contributed by atoms with Crippen LogP contribution >= 0.6 is 0 Å². The number of aliphatic hydroxyl groups is 2. The molecule has 0 radical (unpaired) electrons. The van der Waals surface area contributed by atoms with Gasteiger partial charge in [-0.25, -0.2) is 14.4 Å². The molecule has 53 heavy (non-hydrogen) atoms. The normalized spacial score (nSPS) is 23.1. The lowest BCUT2D eigenvalue weighted by atomic mass is 9.55. The van der Waals surface area contributed by atoms with Crippen LogP contribution in [0.25, 0.3) is 0 Å². The third kappa shape index (κ3) is 8.13. The minimum atomic E-state index is -1.72. The molecule has 0 saturated heterocycles. The first-order valence-corrected chi connectivity index (χ1v) is 16.1. The van der Waals surface area contributed by atoms with Crippen LogP contribution in [0.5, 0.6) is 34.5 Å². The largest absolute Gasteiger partial charge is 0.504 e. The number of ether oxygens (including phenoxy) is 3. The van der Waals surface area contributed by atoms with E-state index in [1.807, 2.05) is 0 Å². The number of carboxylic acids is 1. The van der Waals surface area contributed by atoms with Gasteiger partial charge in [0.1, 0.15) is 0 Å². The summed E-state index contributed by atoms with van der Waals surface area (Å²) in [6.07, 6.45) is -3.63. The number of carbonyl (C=O) groups excluding carboxylic acids is 3. The van der Waals surface area contributed by atoms with Gasteiger partial charge in [-0.1, -0.05) is 30.4 Å². The van der Waals surface area contributed by atoms with Crippen LogP contribution in [-0.2, 0) is 46.2 Å². The number of esters is 3. The number of aliphatic hydroxyl groups excluding tert-OH is 2. The molecule has 280 valence electrons. The maximum absolute atomic E-state index is 14.2. The van der Waals surface area contributed by atoms with E-state index >= 15 is 0 Å². The Morgan fingerprint density at radius 1 is 0.698 bits per heavy atom. The number of methoxy groups -OCH3 is 1. The van der Waals surface area contributed by atoms with Crippen LogP contribution in [0.2, 0.25) is 0 Å². The van der Waals surface area contributed by atoms with Crippen LogP contribution in [0.15, 0.2) is 78.4 Å². The highest BCUT2D eigenvalue weighted by Gasteiger charge is 2.57. The number of aromatic hydroxyl groups is 6. The molecule has 3 aromatic carbocycles. The van der Waals surface area contributed by atoms with Crippen molar-refractivity contribution in [1.29, 1.82) is 0 Å². The molecule has 2 bridgehead atoms. The third-order valence-corrected chi connectivity index (χ3v) is 9.32. The number of benzene rings is 3. The molecular formula is C37H36O16. The van der Waals surface area contributed by atoms with Crippen LogP contribution in [0.4, 0.5) is 0 Å². The maximum Gasteiger partial charge on any atom is 0.347 e. The molecule has 16 nitrogen and oxygen atoms in total. The number of aliphatic carboxylic acids is 1. The van der Waals surface area contributed by atoms with Crippen molar-refractivity contribution < 1.29 is 79.3 Å². The molecule has 16 heteroatoms. The van der Waals surface area contributed by atoms with E-state index in [9.17, 15) is 65.1 Å². The number of phenolic OH excluding ortho intramolecular Hbond substituents is 6.